The quantitative estimate of drug-likeness (QED) is 0.335. The molecule has 0 atom stereocenters. The summed E-state index contributed by atoms with van der Waals surface area (Å²) in [7, 11) is 0. The fourth-order valence-corrected chi connectivity index (χ4v) is 1.04. The van der Waals surface area contributed by atoms with Gasteiger partial charge in [0.05, 0.1) is 0 Å². The van der Waals surface area contributed by atoms with Crippen molar-refractivity contribution in [3.8, 4) is 0 Å². The topological polar surface area (TPSA) is 43.4 Å². The molecule has 0 rings (SSSR count). The van der Waals surface area contributed by atoms with Crippen molar-refractivity contribution in [2.45, 2.75) is 25.6 Å². The standard InChI is InChI=1S/C7H8BrF3O3/c8-4-2-1-3-5(12)6(13)14-7(9,10)11/h1-4H2. The first-order valence-electron chi connectivity index (χ1n) is 3.75. The highest BCUT2D eigenvalue weighted by molar-refractivity contribution is 9.09. The van der Waals surface area contributed by atoms with Crippen LogP contribution in [0.25, 0.3) is 0 Å². The van der Waals surface area contributed by atoms with E-state index in [1.54, 1.807) is 0 Å². The molecule has 0 spiro atoms. The average molecular weight is 277 g/mol. The monoisotopic (exact) mass is 276 g/mol. The Morgan fingerprint density at radius 3 is 2.21 bits per heavy atom. The van der Waals surface area contributed by atoms with Gasteiger partial charge in [0.2, 0.25) is 5.78 Å². The number of hydrogen-bond acceptors (Lipinski definition) is 3. The van der Waals surface area contributed by atoms with Crippen LogP contribution in [0.3, 0.4) is 0 Å². The molecular formula is C7H8BrF3O3. The molecule has 0 radical (unpaired) electrons. The summed E-state index contributed by atoms with van der Waals surface area (Å²) in [6.07, 6.45) is -4.33. The number of unbranched alkanes of at least 4 members (excludes halogenated alkanes) is 1. The third-order valence-electron chi connectivity index (χ3n) is 1.22. The van der Waals surface area contributed by atoms with Crippen molar-refractivity contribution in [2.24, 2.45) is 0 Å². The van der Waals surface area contributed by atoms with Crippen molar-refractivity contribution in [3.63, 3.8) is 0 Å². The first kappa shape index (κ1) is 13.4. The van der Waals surface area contributed by atoms with E-state index in [1.165, 1.54) is 0 Å². The van der Waals surface area contributed by atoms with E-state index in [1.807, 2.05) is 0 Å². The number of Topliss-reactive ketones (excluding diaryl/α,β-unsaturated/α-hetero) is 1. The number of alkyl halides is 4. The Bertz CT molecular complexity index is 215. The zero-order valence-corrected chi connectivity index (χ0v) is 8.65. The minimum absolute atomic E-state index is 0.222. The predicted octanol–water partition coefficient (Wildman–Crippen LogP) is 2.18. The van der Waals surface area contributed by atoms with Gasteiger partial charge in [0.15, 0.2) is 0 Å². The summed E-state index contributed by atoms with van der Waals surface area (Å²) < 4.78 is 37.3. The Morgan fingerprint density at radius 1 is 1.21 bits per heavy atom. The van der Waals surface area contributed by atoms with Crippen LogP contribution in [0.2, 0.25) is 0 Å². The van der Waals surface area contributed by atoms with Crippen molar-refractivity contribution < 1.29 is 27.5 Å². The summed E-state index contributed by atoms with van der Waals surface area (Å²) in [5.74, 6) is -2.99. The van der Waals surface area contributed by atoms with Crippen LogP contribution in [0.4, 0.5) is 13.2 Å². The minimum Gasteiger partial charge on any atom is -0.367 e. The number of rotatable bonds is 5. The zero-order valence-electron chi connectivity index (χ0n) is 7.07. The highest BCUT2D eigenvalue weighted by Crippen LogP contribution is 2.16. The minimum atomic E-state index is -5.08. The van der Waals surface area contributed by atoms with Crippen molar-refractivity contribution in [2.75, 3.05) is 5.33 Å². The Hall–Kier alpha value is -0.590. The molecule has 0 amide bonds. The first-order chi connectivity index (χ1) is 6.37. The van der Waals surface area contributed by atoms with Crippen LogP contribution in [0.1, 0.15) is 19.3 Å². The number of carbonyl (C=O) groups excluding carboxylic acids is 2. The van der Waals surface area contributed by atoms with Crippen LogP contribution in [0.5, 0.6) is 0 Å². The molecular weight excluding hydrogens is 269 g/mol. The van der Waals surface area contributed by atoms with Gasteiger partial charge in [0.1, 0.15) is 0 Å². The molecule has 0 aliphatic heterocycles. The molecule has 0 N–H and O–H groups in total. The number of carbonyl (C=O) groups is 2. The molecule has 0 saturated heterocycles. The lowest BCUT2D eigenvalue weighted by molar-refractivity contribution is -0.303. The Kier molecular flexibility index (Phi) is 5.75. The summed E-state index contributed by atoms with van der Waals surface area (Å²) >= 11 is 3.08. The average Bonchev–Trinajstić information content (AvgIpc) is 2.01. The van der Waals surface area contributed by atoms with Gasteiger partial charge in [-0.05, 0) is 12.8 Å². The van der Waals surface area contributed by atoms with Crippen molar-refractivity contribution in [1.29, 1.82) is 0 Å². The van der Waals surface area contributed by atoms with Crippen molar-refractivity contribution >= 4 is 27.7 Å². The molecule has 0 saturated carbocycles. The van der Waals surface area contributed by atoms with Gasteiger partial charge in [-0.2, -0.15) is 0 Å². The lowest BCUT2D eigenvalue weighted by Crippen LogP contribution is -2.25. The first-order valence-corrected chi connectivity index (χ1v) is 4.88. The SMILES string of the molecule is O=C(CCCCBr)C(=O)OC(F)(F)F. The zero-order chi connectivity index (χ0) is 11.2. The smallest absolute Gasteiger partial charge is 0.367 e. The molecule has 14 heavy (non-hydrogen) atoms. The summed E-state index contributed by atoms with van der Waals surface area (Å²) in [6, 6.07) is 0. The molecule has 82 valence electrons. The number of halogens is 4. The molecule has 0 aliphatic rings. The summed E-state index contributed by atoms with van der Waals surface area (Å²) in [5, 5.41) is 0.634. The van der Waals surface area contributed by atoms with Gasteiger partial charge >= 0.3 is 12.3 Å². The molecule has 0 unspecified atom stereocenters. The molecule has 0 aromatic carbocycles. The molecule has 0 fully saturated rings. The largest absolute Gasteiger partial charge is 0.575 e. The van der Waals surface area contributed by atoms with E-state index in [0.717, 1.165) is 0 Å². The second-order valence-corrected chi connectivity index (χ2v) is 3.20. The van der Waals surface area contributed by atoms with E-state index in [-0.39, 0.29) is 6.42 Å². The third-order valence-corrected chi connectivity index (χ3v) is 1.78. The maximum Gasteiger partial charge on any atom is 0.575 e. The number of ketones is 1. The van der Waals surface area contributed by atoms with Crippen LogP contribution in [0, 0.1) is 0 Å². The molecule has 0 heterocycles. The van der Waals surface area contributed by atoms with Crippen molar-refractivity contribution in [3.05, 3.63) is 0 Å². The number of esters is 1. The van der Waals surface area contributed by atoms with E-state index < -0.39 is 18.1 Å². The van der Waals surface area contributed by atoms with Gasteiger partial charge < -0.3 is 4.74 Å². The lowest BCUT2D eigenvalue weighted by Gasteiger charge is -2.05. The van der Waals surface area contributed by atoms with Gasteiger partial charge in [-0.25, -0.2) is 4.79 Å². The van der Waals surface area contributed by atoms with E-state index in [9.17, 15) is 22.8 Å². The molecule has 7 heteroatoms. The third kappa shape index (κ3) is 6.88. The normalized spacial score (nSPS) is 11.1. The highest BCUT2D eigenvalue weighted by Gasteiger charge is 2.36. The second kappa shape index (κ2) is 6.00. The Labute approximate surface area is 86.7 Å². The number of ether oxygens (including phenoxy) is 1. The molecule has 0 bridgehead atoms. The fraction of sp³-hybridized carbons (Fsp3) is 0.714. The Morgan fingerprint density at radius 2 is 1.79 bits per heavy atom. The fourth-order valence-electron chi connectivity index (χ4n) is 0.644. The van der Waals surface area contributed by atoms with Gasteiger partial charge in [-0.1, -0.05) is 15.9 Å². The molecule has 0 aliphatic carbocycles. The summed E-state index contributed by atoms with van der Waals surface area (Å²) in [4.78, 5) is 21.2. The van der Waals surface area contributed by atoms with Crippen LogP contribution >= 0.6 is 15.9 Å². The predicted molar refractivity (Wildman–Crippen MR) is 44.8 cm³/mol. The second-order valence-electron chi connectivity index (χ2n) is 2.40. The van der Waals surface area contributed by atoms with Crippen LogP contribution in [-0.4, -0.2) is 23.4 Å². The van der Waals surface area contributed by atoms with E-state index in [4.69, 9.17) is 0 Å². The maximum atomic E-state index is 11.5. The van der Waals surface area contributed by atoms with E-state index in [2.05, 4.69) is 20.7 Å². The van der Waals surface area contributed by atoms with Crippen LogP contribution < -0.4 is 0 Å². The van der Waals surface area contributed by atoms with Gasteiger partial charge in [0, 0.05) is 11.8 Å². The lowest BCUT2D eigenvalue weighted by atomic mass is 10.2. The summed E-state index contributed by atoms with van der Waals surface area (Å²) in [6.45, 7) is 0. The van der Waals surface area contributed by atoms with Gasteiger partial charge in [-0.3, -0.25) is 4.79 Å². The molecule has 0 aromatic heterocycles. The molecule has 0 aromatic rings. The van der Waals surface area contributed by atoms with Crippen LogP contribution in [-0.2, 0) is 14.3 Å². The molecule has 3 nitrogen and oxygen atoms in total. The summed E-state index contributed by atoms with van der Waals surface area (Å²) in [5.41, 5.74) is 0. The van der Waals surface area contributed by atoms with E-state index in [0.29, 0.717) is 18.2 Å². The van der Waals surface area contributed by atoms with E-state index >= 15 is 0 Å². The Balaban J connectivity index is 3.83. The maximum absolute atomic E-state index is 11.5. The van der Waals surface area contributed by atoms with Crippen LogP contribution in [0.15, 0.2) is 0 Å². The van der Waals surface area contributed by atoms with Crippen molar-refractivity contribution in [1.82, 2.24) is 0 Å². The number of hydrogen-bond donors (Lipinski definition) is 0. The van der Waals surface area contributed by atoms with Gasteiger partial charge in [-0.15, -0.1) is 13.2 Å². The van der Waals surface area contributed by atoms with Gasteiger partial charge in [0.25, 0.3) is 0 Å². The highest BCUT2D eigenvalue weighted by atomic mass is 79.9.